The van der Waals surface area contributed by atoms with E-state index < -0.39 is 0 Å². The number of nitrogens with zero attached hydrogens (tertiary/aromatic N) is 1. The van der Waals surface area contributed by atoms with Crippen LogP contribution in [0.25, 0.3) is 11.0 Å². The molecule has 0 fully saturated rings. The van der Waals surface area contributed by atoms with Crippen LogP contribution in [0.4, 0.5) is 0 Å². The summed E-state index contributed by atoms with van der Waals surface area (Å²) < 4.78 is 6.55. The van der Waals surface area contributed by atoms with E-state index in [-0.39, 0.29) is 12.5 Å². The number of hydrogen-bond acceptors (Lipinski definition) is 3. The smallest absolute Gasteiger partial charge is 0.258 e. The quantitative estimate of drug-likeness (QED) is 0.640. The van der Waals surface area contributed by atoms with Crippen LogP contribution in [0.5, 0.6) is 5.75 Å². The summed E-state index contributed by atoms with van der Waals surface area (Å²) in [7, 11) is 0. The van der Waals surface area contributed by atoms with Crippen molar-refractivity contribution in [2.24, 2.45) is 0 Å². The Balaban J connectivity index is 1.50. The average Bonchev–Trinajstić information content (AvgIpc) is 2.95. The SMILES string of the molecule is O=C(COc1ccc(I)cc1)NCc1nc2ccccc2[nH]1. The van der Waals surface area contributed by atoms with Gasteiger partial charge in [0.25, 0.3) is 5.91 Å². The predicted molar refractivity (Wildman–Crippen MR) is 92.6 cm³/mol. The minimum absolute atomic E-state index is 0.0131. The minimum atomic E-state index is -0.181. The third-order valence-electron chi connectivity index (χ3n) is 3.07. The largest absolute Gasteiger partial charge is 0.484 e. The van der Waals surface area contributed by atoms with E-state index in [0.717, 1.165) is 20.4 Å². The predicted octanol–water partition coefficient (Wildman–Crippen LogP) is 2.86. The number of rotatable bonds is 5. The minimum Gasteiger partial charge on any atom is -0.484 e. The number of H-pyrrole nitrogens is 1. The number of para-hydroxylation sites is 2. The Morgan fingerprint density at radius 3 is 2.73 bits per heavy atom. The average molecular weight is 407 g/mol. The summed E-state index contributed by atoms with van der Waals surface area (Å²) in [6, 6.07) is 15.3. The lowest BCUT2D eigenvalue weighted by Crippen LogP contribution is -2.28. The first-order valence-corrected chi connectivity index (χ1v) is 7.87. The van der Waals surface area contributed by atoms with Gasteiger partial charge in [0.05, 0.1) is 17.6 Å². The molecule has 0 spiro atoms. The highest BCUT2D eigenvalue weighted by atomic mass is 127. The topological polar surface area (TPSA) is 67.0 Å². The molecule has 3 aromatic rings. The molecule has 0 saturated heterocycles. The number of halogens is 1. The van der Waals surface area contributed by atoms with Gasteiger partial charge in [-0.05, 0) is 59.0 Å². The van der Waals surface area contributed by atoms with Crippen molar-refractivity contribution in [1.82, 2.24) is 15.3 Å². The Bertz CT molecular complexity index is 750. The molecule has 1 heterocycles. The molecule has 5 nitrogen and oxygen atoms in total. The second kappa shape index (κ2) is 6.78. The molecule has 0 bridgehead atoms. The van der Waals surface area contributed by atoms with Crippen LogP contribution in [0.2, 0.25) is 0 Å². The van der Waals surface area contributed by atoms with E-state index >= 15 is 0 Å². The number of aromatic nitrogens is 2. The fourth-order valence-corrected chi connectivity index (χ4v) is 2.36. The van der Waals surface area contributed by atoms with Gasteiger partial charge in [0.1, 0.15) is 11.6 Å². The number of carbonyl (C=O) groups excluding carboxylic acids is 1. The highest BCUT2D eigenvalue weighted by Crippen LogP contribution is 2.13. The van der Waals surface area contributed by atoms with Gasteiger partial charge in [-0.1, -0.05) is 12.1 Å². The maximum absolute atomic E-state index is 11.8. The Hall–Kier alpha value is -2.09. The number of ether oxygens (including phenoxy) is 1. The number of carbonyl (C=O) groups is 1. The summed E-state index contributed by atoms with van der Waals surface area (Å²) in [5.74, 6) is 1.22. The number of fused-ring (bicyclic) bond motifs is 1. The van der Waals surface area contributed by atoms with Crippen LogP contribution in [0, 0.1) is 3.57 Å². The van der Waals surface area contributed by atoms with Gasteiger partial charge in [-0.3, -0.25) is 4.79 Å². The van der Waals surface area contributed by atoms with Gasteiger partial charge in [-0.15, -0.1) is 0 Å². The molecule has 0 unspecified atom stereocenters. The molecule has 1 aromatic heterocycles. The van der Waals surface area contributed by atoms with E-state index in [0.29, 0.717) is 12.3 Å². The summed E-state index contributed by atoms with van der Waals surface area (Å²) in [6.07, 6.45) is 0. The second-order valence-corrected chi connectivity index (χ2v) is 5.97. The van der Waals surface area contributed by atoms with Crippen LogP contribution < -0.4 is 10.1 Å². The third kappa shape index (κ3) is 3.76. The van der Waals surface area contributed by atoms with Gasteiger partial charge in [-0.2, -0.15) is 0 Å². The Kier molecular flexibility index (Phi) is 4.57. The van der Waals surface area contributed by atoms with E-state index in [4.69, 9.17) is 4.74 Å². The molecule has 0 aliphatic rings. The van der Waals surface area contributed by atoms with Gasteiger partial charge in [0, 0.05) is 3.57 Å². The lowest BCUT2D eigenvalue weighted by molar-refractivity contribution is -0.123. The molecule has 0 aliphatic carbocycles. The van der Waals surface area contributed by atoms with Crippen molar-refractivity contribution in [2.75, 3.05) is 6.61 Å². The molecule has 2 aromatic carbocycles. The first-order valence-electron chi connectivity index (χ1n) is 6.79. The zero-order valence-electron chi connectivity index (χ0n) is 11.7. The Labute approximate surface area is 141 Å². The Morgan fingerprint density at radius 1 is 1.18 bits per heavy atom. The molecule has 2 N–H and O–H groups in total. The van der Waals surface area contributed by atoms with E-state index in [9.17, 15) is 4.79 Å². The summed E-state index contributed by atoms with van der Waals surface area (Å²) in [4.78, 5) is 19.4. The molecule has 112 valence electrons. The van der Waals surface area contributed by atoms with Crippen molar-refractivity contribution in [1.29, 1.82) is 0 Å². The van der Waals surface area contributed by atoms with Crippen molar-refractivity contribution in [2.45, 2.75) is 6.54 Å². The fourth-order valence-electron chi connectivity index (χ4n) is 2.00. The molecular weight excluding hydrogens is 393 g/mol. The van der Waals surface area contributed by atoms with Crippen LogP contribution in [-0.4, -0.2) is 22.5 Å². The van der Waals surface area contributed by atoms with Crippen molar-refractivity contribution in [3.05, 3.63) is 57.9 Å². The molecule has 6 heteroatoms. The number of nitrogens with one attached hydrogen (secondary N) is 2. The maximum Gasteiger partial charge on any atom is 0.258 e. The van der Waals surface area contributed by atoms with Gasteiger partial charge >= 0.3 is 0 Å². The van der Waals surface area contributed by atoms with Crippen molar-refractivity contribution >= 4 is 39.5 Å². The van der Waals surface area contributed by atoms with Gasteiger partial charge in [0.15, 0.2) is 6.61 Å². The standard InChI is InChI=1S/C16H14IN3O2/c17-11-5-7-12(8-6-11)22-10-16(21)18-9-15-19-13-3-1-2-4-14(13)20-15/h1-8H,9-10H2,(H,18,21)(H,19,20). The first-order chi connectivity index (χ1) is 10.7. The van der Waals surface area contributed by atoms with E-state index in [1.807, 2.05) is 48.5 Å². The zero-order chi connectivity index (χ0) is 15.4. The molecule has 3 rings (SSSR count). The highest BCUT2D eigenvalue weighted by molar-refractivity contribution is 14.1. The third-order valence-corrected chi connectivity index (χ3v) is 3.79. The number of benzene rings is 2. The number of amides is 1. The first kappa shape index (κ1) is 14.8. The number of imidazole rings is 1. The number of aromatic amines is 1. The number of hydrogen-bond donors (Lipinski definition) is 2. The van der Waals surface area contributed by atoms with Gasteiger partial charge in [0.2, 0.25) is 0 Å². The lowest BCUT2D eigenvalue weighted by Gasteiger charge is -2.06. The van der Waals surface area contributed by atoms with Gasteiger partial charge < -0.3 is 15.0 Å². The van der Waals surface area contributed by atoms with Crippen LogP contribution in [0.3, 0.4) is 0 Å². The van der Waals surface area contributed by atoms with Crippen molar-refractivity contribution in [3.8, 4) is 5.75 Å². The fraction of sp³-hybridized carbons (Fsp3) is 0.125. The highest BCUT2D eigenvalue weighted by Gasteiger charge is 2.06. The molecule has 0 saturated carbocycles. The summed E-state index contributed by atoms with van der Waals surface area (Å²) in [5.41, 5.74) is 1.85. The summed E-state index contributed by atoms with van der Waals surface area (Å²) in [5, 5.41) is 2.78. The molecule has 0 atom stereocenters. The monoisotopic (exact) mass is 407 g/mol. The second-order valence-electron chi connectivity index (χ2n) is 4.72. The normalized spacial score (nSPS) is 10.6. The zero-order valence-corrected chi connectivity index (χ0v) is 13.8. The van der Waals surface area contributed by atoms with Crippen LogP contribution >= 0.6 is 22.6 Å². The van der Waals surface area contributed by atoms with E-state index in [1.54, 1.807) is 0 Å². The van der Waals surface area contributed by atoms with E-state index in [2.05, 4.69) is 37.9 Å². The van der Waals surface area contributed by atoms with Crippen LogP contribution in [0.1, 0.15) is 5.82 Å². The van der Waals surface area contributed by atoms with Crippen molar-refractivity contribution in [3.63, 3.8) is 0 Å². The van der Waals surface area contributed by atoms with E-state index in [1.165, 1.54) is 0 Å². The molecule has 0 aliphatic heterocycles. The Morgan fingerprint density at radius 2 is 1.95 bits per heavy atom. The molecular formula is C16H14IN3O2. The lowest BCUT2D eigenvalue weighted by atomic mass is 10.3. The van der Waals surface area contributed by atoms with Gasteiger partial charge in [-0.25, -0.2) is 4.98 Å². The molecule has 1 amide bonds. The van der Waals surface area contributed by atoms with Crippen molar-refractivity contribution < 1.29 is 9.53 Å². The summed E-state index contributed by atoms with van der Waals surface area (Å²) >= 11 is 2.22. The van der Waals surface area contributed by atoms with Crippen LogP contribution in [0.15, 0.2) is 48.5 Å². The molecule has 22 heavy (non-hydrogen) atoms. The molecule has 0 radical (unpaired) electrons. The van der Waals surface area contributed by atoms with Crippen LogP contribution in [-0.2, 0) is 11.3 Å². The maximum atomic E-state index is 11.8. The summed E-state index contributed by atoms with van der Waals surface area (Å²) in [6.45, 7) is 0.338.